The second kappa shape index (κ2) is 6.04. The molecular weight excluding hydrogens is 358 g/mol. The van der Waals surface area contributed by atoms with Crippen LogP contribution in [0.3, 0.4) is 0 Å². The highest BCUT2D eigenvalue weighted by Gasteiger charge is 2.20. The molecule has 6 rings (SSSR count). The van der Waals surface area contributed by atoms with Crippen molar-refractivity contribution in [3.05, 3.63) is 90.6 Å². The number of aromatic nitrogens is 3. The lowest BCUT2D eigenvalue weighted by atomic mass is 10.1. The van der Waals surface area contributed by atoms with Gasteiger partial charge in [-0.3, -0.25) is 4.57 Å². The summed E-state index contributed by atoms with van der Waals surface area (Å²) >= 11 is 0. The maximum absolute atomic E-state index is 6.28. The molecule has 0 saturated heterocycles. The Morgan fingerprint density at radius 3 is 2.48 bits per heavy atom. The van der Waals surface area contributed by atoms with E-state index in [-0.39, 0.29) is 0 Å². The van der Waals surface area contributed by atoms with Gasteiger partial charge in [0.1, 0.15) is 16.7 Å². The Bertz CT molecular complexity index is 1510. The summed E-state index contributed by atoms with van der Waals surface area (Å²) in [6.45, 7) is 2.07. The average molecular weight is 375 g/mol. The molecule has 0 fully saturated rings. The van der Waals surface area contributed by atoms with Gasteiger partial charge in [0.15, 0.2) is 11.5 Å². The number of hydrogen-bond donors (Lipinski definition) is 0. The van der Waals surface area contributed by atoms with Crippen molar-refractivity contribution >= 4 is 33.1 Å². The van der Waals surface area contributed by atoms with Crippen LogP contribution in [0.5, 0.6) is 0 Å². The first-order chi connectivity index (χ1) is 14.3. The van der Waals surface area contributed by atoms with Crippen molar-refractivity contribution in [1.29, 1.82) is 0 Å². The number of furan rings is 1. The van der Waals surface area contributed by atoms with Crippen LogP contribution < -0.4 is 0 Å². The van der Waals surface area contributed by atoms with Crippen LogP contribution >= 0.6 is 0 Å². The van der Waals surface area contributed by atoms with Gasteiger partial charge in [-0.1, -0.05) is 48.5 Å². The van der Waals surface area contributed by atoms with E-state index >= 15 is 0 Å². The van der Waals surface area contributed by atoms with Crippen molar-refractivity contribution in [2.45, 2.75) is 6.92 Å². The van der Waals surface area contributed by atoms with Gasteiger partial charge in [-0.15, -0.1) is 0 Å². The average Bonchev–Trinajstić information content (AvgIpc) is 3.34. The zero-order valence-corrected chi connectivity index (χ0v) is 15.8. The molecule has 138 valence electrons. The van der Waals surface area contributed by atoms with Gasteiger partial charge in [-0.25, -0.2) is 9.97 Å². The SMILES string of the molecule is Cc1ccnc2c1nc(-c1cccc3c1oc1ccccc13)n2-c1ccccc1. The monoisotopic (exact) mass is 375 g/mol. The van der Waals surface area contributed by atoms with E-state index in [1.165, 1.54) is 0 Å². The molecule has 3 aromatic heterocycles. The fourth-order valence-corrected chi connectivity index (χ4v) is 4.02. The van der Waals surface area contributed by atoms with Gasteiger partial charge in [-0.2, -0.15) is 0 Å². The Labute approximate surface area is 167 Å². The maximum atomic E-state index is 6.28. The molecule has 0 radical (unpaired) electrons. The Hall–Kier alpha value is -3.92. The second-order valence-corrected chi connectivity index (χ2v) is 7.19. The molecule has 0 aliphatic rings. The van der Waals surface area contributed by atoms with E-state index in [9.17, 15) is 0 Å². The number of nitrogens with zero attached hydrogens (tertiary/aromatic N) is 3. The van der Waals surface area contributed by atoms with Crippen molar-refractivity contribution < 1.29 is 4.42 Å². The first kappa shape index (κ1) is 16.1. The van der Waals surface area contributed by atoms with Crippen molar-refractivity contribution in [2.75, 3.05) is 0 Å². The largest absolute Gasteiger partial charge is 0.455 e. The van der Waals surface area contributed by atoms with Crippen molar-refractivity contribution in [2.24, 2.45) is 0 Å². The summed E-state index contributed by atoms with van der Waals surface area (Å²) in [6, 6.07) is 26.6. The summed E-state index contributed by atoms with van der Waals surface area (Å²) in [4.78, 5) is 9.68. The highest BCUT2D eigenvalue weighted by molar-refractivity contribution is 6.09. The van der Waals surface area contributed by atoms with Crippen molar-refractivity contribution in [3.8, 4) is 17.1 Å². The van der Waals surface area contributed by atoms with Crippen LogP contribution in [0.25, 0.3) is 50.2 Å². The van der Waals surface area contributed by atoms with E-state index in [1.54, 1.807) is 0 Å². The third kappa shape index (κ3) is 2.32. The van der Waals surface area contributed by atoms with Crippen LogP contribution in [-0.2, 0) is 0 Å². The summed E-state index contributed by atoms with van der Waals surface area (Å²) in [5.41, 5.74) is 6.56. The first-order valence-corrected chi connectivity index (χ1v) is 9.61. The molecule has 3 aromatic carbocycles. The lowest BCUT2D eigenvalue weighted by molar-refractivity contribution is 0.669. The minimum absolute atomic E-state index is 0.831. The van der Waals surface area contributed by atoms with Crippen LogP contribution in [0.1, 0.15) is 5.56 Å². The summed E-state index contributed by atoms with van der Waals surface area (Å²) in [5.74, 6) is 0.831. The van der Waals surface area contributed by atoms with E-state index in [1.807, 2.05) is 48.7 Å². The molecule has 0 spiro atoms. The van der Waals surface area contributed by atoms with Gasteiger partial charge in [0.25, 0.3) is 0 Å². The second-order valence-electron chi connectivity index (χ2n) is 7.19. The number of benzene rings is 3. The summed E-state index contributed by atoms with van der Waals surface area (Å²) in [5, 5.41) is 2.20. The number of para-hydroxylation sites is 3. The summed E-state index contributed by atoms with van der Waals surface area (Å²) < 4.78 is 8.40. The molecule has 4 nitrogen and oxygen atoms in total. The molecule has 0 N–H and O–H groups in total. The maximum Gasteiger partial charge on any atom is 0.165 e. The van der Waals surface area contributed by atoms with Gasteiger partial charge < -0.3 is 4.42 Å². The molecule has 0 amide bonds. The Morgan fingerprint density at radius 2 is 1.59 bits per heavy atom. The third-order valence-corrected chi connectivity index (χ3v) is 5.41. The fraction of sp³-hybridized carbons (Fsp3) is 0.0400. The lowest BCUT2D eigenvalue weighted by Crippen LogP contribution is -1.98. The molecule has 0 unspecified atom stereocenters. The van der Waals surface area contributed by atoms with E-state index in [2.05, 4.69) is 52.9 Å². The molecule has 3 heterocycles. The zero-order chi connectivity index (χ0) is 19.4. The number of pyridine rings is 1. The number of aryl methyl sites for hydroxylation is 1. The van der Waals surface area contributed by atoms with Gasteiger partial charge in [0, 0.05) is 22.7 Å². The fourth-order valence-electron chi connectivity index (χ4n) is 4.02. The van der Waals surface area contributed by atoms with Crippen LogP contribution in [-0.4, -0.2) is 14.5 Å². The Balaban J connectivity index is 1.76. The van der Waals surface area contributed by atoms with Crippen LogP contribution in [0, 0.1) is 6.92 Å². The first-order valence-electron chi connectivity index (χ1n) is 9.61. The van der Waals surface area contributed by atoms with Gasteiger partial charge in [-0.05, 0) is 42.8 Å². The molecule has 4 heteroatoms. The van der Waals surface area contributed by atoms with E-state index in [0.29, 0.717) is 0 Å². The standard InChI is InChI=1S/C25H17N3O/c1-16-14-15-26-25-22(16)27-24(28(25)17-8-3-2-4-9-17)20-12-7-11-19-18-10-5-6-13-21(18)29-23(19)20/h2-15H,1H3. The number of rotatable bonds is 2. The number of fused-ring (bicyclic) bond motifs is 4. The number of imidazole rings is 1. The van der Waals surface area contributed by atoms with Crippen LogP contribution in [0.2, 0.25) is 0 Å². The van der Waals surface area contributed by atoms with Crippen LogP contribution in [0.4, 0.5) is 0 Å². The predicted octanol–water partition coefficient (Wildman–Crippen LogP) is 6.30. The van der Waals surface area contributed by atoms with Crippen molar-refractivity contribution in [3.63, 3.8) is 0 Å². The molecule has 0 saturated carbocycles. The highest BCUT2D eigenvalue weighted by atomic mass is 16.3. The van der Waals surface area contributed by atoms with E-state index in [0.717, 1.165) is 55.7 Å². The van der Waals surface area contributed by atoms with E-state index in [4.69, 9.17) is 9.40 Å². The Morgan fingerprint density at radius 1 is 0.793 bits per heavy atom. The van der Waals surface area contributed by atoms with E-state index < -0.39 is 0 Å². The van der Waals surface area contributed by atoms with Crippen molar-refractivity contribution in [1.82, 2.24) is 14.5 Å². The normalized spacial score (nSPS) is 11.6. The Kier molecular flexibility index (Phi) is 3.35. The quantitative estimate of drug-likeness (QED) is 0.357. The lowest BCUT2D eigenvalue weighted by Gasteiger charge is -2.09. The summed E-state index contributed by atoms with van der Waals surface area (Å²) in [7, 11) is 0. The number of hydrogen-bond acceptors (Lipinski definition) is 3. The minimum atomic E-state index is 0.831. The predicted molar refractivity (Wildman–Crippen MR) is 116 cm³/mol. The molecule has 0 bridgehead atoms. The van der Waals surface area contributed by atoms with Gasteiger partial charge in [0.2, 0.25) is 0 Å². The molecule has 6 aromatic rings. The molecule has 0 aliphatic heterocycles. The molecule has 0 atom stereocenters. The smallest absolute Gasteiger partial charge is 0.165 e. The highest BCUT2D eigenvalue weighted by Crippen LogP contribution is 2.37. The molecule has 29 heavy (non-hydrogen) atoms. The topological polar surface area (TPSA) is 43.9 Å². The zero-order valence-electron chi connectivity index (χ0n) is 15.8. The third-order valence-electron chi connectivity index (χ3n) is 5.41. The summed E-state index contributed by atoms with van der Waals surface area (Å²) in [6.07, 6.45) is 1.84. The van der Waals surface area contributed by atoms with Gasteiger partial charge >= 0.3 is 0 Å². The minimum Gasteiger partial charge on any atom is -0.455 e. The van der Waals surface area contributed by atoms with Gasteiger partial charge in [0.05, 0.1) is 5.56 Å². The molecular formula is C25H17N3O. The van der Waals surface area contributed by atoms with Crippen LogP contribution in [0.15, 0.2) is 89.5 Å². The molecule has 0 aliphatic carbocycles.